The summed E-state index contributed by atoms with van der Waals surface area (Å²) in [5, 5.41) is 0.263. The fraction of sp³-hybridized carbons (Fsp3) is 0.571. The Labute approximate surface area is 142 Å². The fourth-order valence-corrected chi connectivity index (χ4v) is 4.69. The van der Waals surface area contributed by atoms with Crippen LogP contribution < -0.4 is 4.72 Å². The van der Waals surface area contributed by atoms with Crippen molar-refractivity contribution in [2.75, 3.05) is 39.8 Å². The first-order valence-corrected chi connectivity index (χ1v) is 9.41. The maximum Gasteiger partial charge on any atom is 0.243 e. The van der Waals surface area contributed by atoms with Crippen LogP contribution in [0.2, 0.25) is 10.0 Å². The summed E-state index contributed by atoms with van der Waals surface area (Å²) in [5.74, 6) is 0. The highest BCUT2D eigenvalue weighted by Crippen LogP contribution is 2.28. The second kappa shape index (κ2) is 7.47. The Kier molecular flexibility index (Phi) is 6.10. The second-order valence-corrected chi connectivity index (χ2v) is 8.11. The third kappa shape index (κ3) is 4.34. The molecule has 2 rings (SSSR count). The third-order valence-corrected chi connectivity index (χ3v) is 6.30. The highest BCUT2D eigenvalue weighted by atomic mass is 35.5. The summed E-state index contributed by atoms with van der Waals surface area (Å²) in [7, 11) is -1.63. The number of sulfonamides is 1. The molecule has 0 amide bonds. The average Bonchev–Trinajstić information content (AvgIpc) is 2.45. The van der Waals surface area contributed by atoms with Crippen LogP contribution in [0.5, 0.6) is 0 Å². The molecule has 1 N–H and O–H groups in total. The number of hydrogen-bond acceptors (Lipinski definition) is 4. The van der Waals surface area contributed by atoms with E-state index in [0.717, 1.165) is 26.2 Å². The van der Waals surface area contributed by atoms with Crippen molar-refractivity contribution in [3.63, 3.8) is 0 Å². The van der Waals surface area contributed by atoms with E-state index in [4.69, 9.17) is 23.2 Å². The van der Waals surface area contributed by atoms with Crippen LogP contribution >= 0.6 is 23.2 Å². The molecule has 0 unspecified atom stereocenters. The van der Waals surface area contributed by atoms with Crippen LogP contribution in [0.4, 0.5) is 0 Å². The van der Waals surface area contributed by atoms with E-state index in [2.05, 4.69) is 21.6 Å². The molecule has 0 radical (unpaired) electrons. The van der Waals surface area contributed by atoms with Gasteiger partial charge in [0.05, 0.1) is 10.0 Å². The molecule has 1 atom stereocenters. The minimum atomic E-state index is -3.72. The zero-order chi connectivity index (χ0) is 16.3. The third-order valence-electron chi connectivity index (χ3n) is 3.92. The van der Waals surface area contributed by atoms with Crippen molar-refractivity contribution in [2.45, 2.75) is 17.9 Å². The van der Waals surface area contributed by atoms with Gasteiger partial charge in [-0.2, -0.15) is 0 Å². The molecule has 1 aliphatic heterocycles. The Bertz CT molecular complexity index is 596. The fourth-order valence-electron chi connectivity index (χ4n) is 2.43. The lowest BCUT2D eigenvalue weighted by molar-refractivity contribution is 0.120. The molecule has 1 fully saturated rings. The van der Waals surface area contributed by atoms with Gasteiger partial charge in [-0.1, -0.05) is 29.3 Å². The van der Waals surface area contributed by atoms with Gasteiger partial charge in [-0.3, -0.25) is 4.90 Å². The predicted octanol–water partition coefficient (Wildman–Crippen LogP) is 1.91. The molecule has 1 aliphatic rings. The van der Waals surface area contributed by atoms with Crippen LogP contribution in [0.1, 0.15) is 6.92 Å². The largest absolute Gasteiger partial charge is 0.304 e. The maximum absolute atomic E-state index is 12.4. The summed E-state index contributed by atoms with van der Waals surface area (Å²) in [6, 6.07) is 4.78. The van der Waals surface area contributed by atoms with Gasteiger partial charge in [0.2, 0.25) is 10.0 Å². The highest BCUT2D eigenvalue weighted by Gasteiger charge is 2.24. The molecule has 1 aromatic carbocycles. The lowest BCUT2D eigenvalue weighted by Crippen LogP contribution is -2.51. The normalized spacial score (nSPS) is 19.3. The van der Waals surface area contributed by atoms with Gasteiger partial charge in [0, 0.05) is 38.8 Å². The molecule has 0 aliphatic carbocycles. The van der Waals surface area contributed by atoms with Crippen molar-refractivity contribution in [3.8, 4) is 0 Å². The molecule has 0 spiro atoms. The molecule has 124 valence electrons. The number of piperazine rings is 1. The van der Waals surface area contributed by atoms with Crippen molar-refractivity contribution in [1.82, 2.24) is 14.5 Å². The summed E-state index contributed by atoms with van der Waals surface area (Å²) < 4.78 is 27.4. The number of nitrogens with zero attached hydrogens (tertiary/aromatic N) is 2. The quantitative estimate of drug-likeness (QED) is 0.865. The van der Waals surface area contributed by atoms with Gasteiger partial charge >= 0.3 is 0 Å². The molecule has 1 heterocycles. The first-order chi connectivity index (χ1) is 10.3. The van der Waals surface area contributed by atoms with Crippen molar-refractivity contribution < 1.29 is 8.42 Å². The molecule has 8 heteroatoms. The summed E-state index contributed by atoms with van der Waals surface area (Å²) in [6.45, 7) is 6.20. The predicted molar refractivity (Wildman–Crippen MR) is 90.2 cm³/mol. The van der Waals surface area contributed by atoms with Crippen LogP contribution in [0, 0.1) is 0 Å². The Hall–Kier alpha value is -0.370. The van der Waals surface area contributed by atoms with Crippen LogP contribution in [-0.4, -0.2) is 64.0 Å². The first kappa shape index (κ1) is 18.0. The van der Waals surface area contributed by atoms with E-state index in [-0.39, 0.29) is 21.0 Å². The number of halogens is 2. The van der Waals surface area contributed by atoms with E-state index >= 15 is 0 Å². The van der Waals surface area contributed by atoms with E-state index in [1.54, 1.807) is 6.07 Å². The van der Waals surface area contributed by atoms with Crippen molar-refractivity contribution in [3.05, 3.63) is 28.2 Å². The van der Waals surface area contributed by atoms with Gasteiger partial charge in [-0.05, 0) is 26.1 Å². The lowest BCUT2D eigenvalue weighted by Gasteiger charge is -2.36. The number of benzene rings is 1. The highest BCUT2D eigenvalue weighted by molar-refractivity contribution is 7.89. The van der Waals surface area contributed by atoms with Crippen LogP contribution in [-0.2, 0) is 10.0 Å². The number of hydrogen-bond donors (Lipinski definition) is 1. The molecule has 1 saturated heterocycles. The Morgan fingerprint density at radius 1 is 1.18 bits per heavy atom. The standard InChI is InChI=1S/C14H21Cl2N3O2S/c1-11(19-8-6-18(2)7-9-19)10-17-22(20,21)14-12(15)4-3-5-13(14)16/h3-5,11,17H,6-10H2,1-2H3/t11-/m1/s1. The van der Waals surface area contributed by atoms with E-state index in [1.165, 1.54) is 12.1 Å². The van der Waals surface area contributed by atoms with Crippen LogP contribution in [0.15, 0.2) is 23.1 Å². The molecular formula is C14H21Cl2N3O2S. The lowest BCUT2D eigenvalue weighted by atomic mass is 10.2. The van der Waals surface area contributed by atoms with Crippen molar-refractivity contribution in [2.24, 2.45) is 0 Å². The second-order valence-electron chi connectivity index (χ2n) is 5.59. The Morgan fingerprint density at radius 2 is 1.73 bits per heavy atom. The molecule has 5 nitrogen and oxygen atoms in total. The minimum absolute atomic E-state index is 0.0519. The molecule has 0 aromatic heterocycles. The maximum atomic E-state index is 12.4. The monoisotopic (exact) mass is 365 g/mol. The Morgan fingerprint density at radius 3 is 2.27 bits per heavy atom. The SMILES string of the molecule is C[C@H](CNS(=O)(=O)c1c(Cl)cccc1Cl)N1CCN(C)CC1. The zero-order valence-corrected chi connectivity index (χ0v) is 15.0. The van der Waals surface area contributed by atoms with Gasteiger partial charge in [0.25, 0.3) is 0 Å². The van der Waals surface area contributed by atoms with Gasteiger partial charge < -0.3 is 4.90 Å². The molecular weight excluding hydrogens is 345 g/mol. The summed E-state index contributed by atoms with van der Waals surface area (Å²) in [6.07, 6.45) is 0. The van der Waals surface area contributed by atoms with Gasteiger partial charge in [-0.15, -0.1) is 0 Å². The van der Waals surface area contributed by atoms with Crippen molar-refractivity contribution in [1.29, 1.82) is 0 Å². The Balaban J connectivity index is 2.01. The average molecular weight is 366 g/mol. The van der Waals surface area contributed by atoms with Gasteiger partial charge in [0.15, 0.2) is 0 Å². The molecule has 0 bridgehead atoms. The van der Waals surface area contributed by atoms with Gasteiger partial charge in [0.1, 0.15) is 4.90 Å². The zero-order valence-electron chi connectivity index (χ0n) is 12.7. The van der Waals surface area contributed by atoms with E-state index < -0.39 is 10.0 Å². The number of rotatable bonds is 5. The molecule has 1 aromatic rings. The van der Waals surface area contributed by atoms with Gasteiger partial charge in [-0.25, -0.2) is 13.1 Å². The summed E-state index contributed by atoms with van der Waals surface area (Å²) in [4.78, 5) is 4.48. The van der Waals surface area contributed by atoms with Crippen LogP contribution in [0.25, 0.3) is 0 Å². The summed E-state index contributed by atoms with van der Waals surface area (Å²) in [5.41, 5.74) is 0. The summed E-state index contributed by atoms with van der Waals surface area (Å²) >= 11 is 11.9. The molecule has 22 heavy (non-hydrogen) atoms. The minimum Gasteiger partial charge on any atom is -0.304 e. The number of likely N-dealkylation sites (N-methyl/N-ethyl adjacent to an activating group) is 1. The van der Waals surface area contributed by atoms with Crippen molar-refractivity contribution >= 4 is 33.2 Å². The smallest absolute Gasteiger partial charge is 0.243 e. The van der Waals surface area contributed by atoms with Crippen LogP contribution in [0.3, 0.4) is 0 Å². The topological polar surface area (TPSA) is 52.7 Å². The molecule has 0 saturated carbocycles. The van der Waals surface area contributed by atoms with E-state index in [0.29, 0.717) is 6.54 Å². The van der Waals surface area contributed by atoms with E-state index in [9.17, 15) is 8.42 Å². The van der Waals surface area contributed by atoms with E-state index in [1.807, 2.05) is 6.92 Å². The first-order valence-electron chi connectivity index (χ1n) is 7.17. The number of nitrogens with one attached hydrogen (secondary N) is 1.